The Hall–Kier alpha value is -0.870. The number of amides is 2. The molecule has 1 fully saturated rings. The Kier molecular flexibility index (Phi) is 8.15. The zero-order valence-electron chi connectivity index (χ0n) is 15.1. The first-order valence-corrected chi connectivity index (χ1v) is 11.3. The van der Waals surface area contributed by atoms with Crippen molar-refractivity contribution < 1.29 is 17.9 Å². The van der Waals surface area contributed by atoms with Crippen LogP contribution in [0.5, 0.6) is 0 Å². The van der Waals surface area contributed by atoms with Gasteiger partial charge in [-0.05, 0) is 24.5 Å². The number of hydrogen-bond donors (Lipinski definition) is 1. The molecule has 148 valence electrons. The molecule has 0 aromatic carbocycles. The number of thiophene rings is 1. The second-order valence-electron chi connectivity index (χ2n) is 6.50. The van der Waals surface area contributed by atoms with Crippen molar-refractivity contribution in [2.45, 2.75) is 24.5 Å². The van der Waals surface area contributed by atoms with E-state index in [0.717, 1.165) is 24.4 Å². The van der Waals surface area contributed by atoms with Crippen LogP contribution < -0.4 is 5.32 Å². The van der Waals surface area contributed by atoms with Gasteiger partial charge in [0.1, 0.15) is 4.21 Å². The zero-order valence-corrected chi connectivity index (χ0v) is 17.5. The van der Waals surface area contributed by atoms with Crippen LogP contribution in [0.15, 0.2) is 16.3 Å². The third-order valence-corrected chi connectivity index (χ3v) is 7.46. The predicted octanol–water partition coefficient (Wildman–Crippen LogP) is 2.48. The van der Waals surface area contributed by atoms with Crippen LogP contribution in [-0.4, -0.2) is 69.6 Å². The lowest BCUT2D eigenvalue weighted by molar-refractivity contribution is 0.107. The lowest BCUT2D eigenvalue weighted by Crippen LogP contribution is -2.53. The topological polar surface area (TPSA) is 79.0 Å². The number of nitrogens with one attached hydrogen (secondary N) is 1. The standard InChI is InChI=1S/C16H26ClN3O4S2/c1-13(2)12-24-11-3-6-18-16(21)19-7-9-20(10-8-19)26(22,23)15-5-4-14(17)25-15/h4-5,13H,3,6-12H2,1-2H3,(H,18,21). The molecule has 10 heteroatoms. The molecule has 0 aliphatic carbocycles. The molecule has 2 amide bonds. The molecular formula is C16H26ClN3O4S2. The van der Waals surface area contributed by atoms with E-state index in [1.54, 1.807) is 11.0 Å². The van der Waals surface area contributed by atoms with Gasteiger partial charge in [-0.15, -0.1) is 11.3 Å². The van der Waals surface area contributed by atoms with E-state index in [0.29, 0.717) is 36.5 Å². The predicted molar refractivity (Wildman–Crippen MR) is 103 cm³/mol. The van der Waals surface area contributed by atoms with E-state index in [2.05, 4.69) is 19.2 Å². The highest BCUT2D eigenvalue weighted by atomic mass is 35.5. The molecule has 0 unspecified atom stereocenters. The van der Waals surface area contributed by atoms with Gasteiger partial charge < -0.3 is 15.0 Å². The smallest absolute Gasteiger partial charge is 0.317 e. The average Bonchev–Trinajstić information content (AvgIpc) is 3.05. The summed E-state index contributed by atoms with van der Waals surface area (Å²) < 4.78 is 32.6. The molecule has 1 aliphatic heterocycles. The van der Waals surface area contributed by atoms with E-state index < -0.39 is 10.0 Å². The van der Waals surface area contributed by atoms with E-state index in [1.165, 1.54) is 10.4 Å². The Morgan fingerprint density at radius 2 is 2.00 bits per heavy atom. The number of carbonyl (C=O) groups is 1. The van der Waals surface area contributed by atoms with Crippen molar-refractivity contribution in [1.82, 2.24) is 14.5 Å². The molecule has 2 heterocycles. The highest BCUT2D eigenvalue weighted by Gasteiger charge is 2.31. The fourth-order valence-corrected chi connectivity index (χ4v) is 5.55. The Morgan fingerprint density at radius 3 is 2.58 bits per heavy atom. The SMILES string of the molecule is CC(C)COCCCNC(=O)N1CCN(S(=O)(=O)c2ccc(Cl)s2)CC1. The highest BCUT2D eigenvalue weighted by molar-refractivity contribution is 7.91. The fourth-order valence-electron chi connectivity index (χ4n) is 2.50. The Bertz CT molecular complexity index is 685. The summed E-state index contributed by atoms with van der Waals surface area (Å²) in [7, 11) is -3.53. The summed E-state index contributed by atoms with van der Waals surface area (Å²) in [4.78, 5) is 13.8. The van der Waals surface area contributed by atoms with Crippen molar-refractivity contribution in [3.05, 3.63) is 16.5 Å². The maximum absolute atomic E-state index is 12.5. The van der Waals surface area contributed by atoms with E-state index in [-0.39, 0.29) is 23.3 Å². The van der Waals surface area contributed by atoms with Gasteiger partial charge in [0.05, 0.1) is 4.34 Å². The van der Waals surface area contributed by atoms with Crippen LogP contribution in [0, 0.1) is 5.92 Å². The van der Waals surface area contributed by atoms with Crippen molar-refractivity contribution in [3.8, 4) is 0 Å². The van der Waals surface area contributed by atoms with Crippen molar-refractivity contribution in [3.63, 3.8) is 0 Å². The summed E-state index contributed by atoms with van der Waals surface area (Å²) in [5.41, 5.74) is 0. The van der Waals surface area contributed by atoms with Crippen molar-refractivity contribution in [2.75, 3.05) is 45.9 Å². The van der Waals surface area contributed by atoms with E-state index in [4.69, 9.17) is 16.3 Å². The van der Waals surface area contributed by atoms with E-state index >= 15 is 0 Å². The van der Waals surface area contributed by atoms with Crippen LogP contribution >= 0.6 is 22.9 Å². The zero-order chi connectivity index (χ0) is 19.2. The van der Waals surface area contributed by atoms with Gasteiger partial charge in [-0.2, -0.15) is 4.31 Å². The minimum Gasteiger partial charge on any atom is -0.381 e. The van der Waals surface area contributed by atoms with Gasteiger partial charge >= 0.3 is 6.03 Å². The molecule has 1 aromatic heterocycles. The molecule has 0 saturated carbocycles. The first-order valence-electron chi connectivity index (χ1n) is 8.66. The third-order valence-electron chi connectivity index (χ3n) is 3.86. The quantitative estimate of drug-likeness (QED) is 0.651. The van der Waals surface area contributed by atoms with Gasteiger partial charge in [-0.25, -0.2) is 13.2 Å². The van der Waals surface area contributed by atoms with E-state index in [1.807, 2.05) is 0 Å². The van der Waals surface area contributed by atoms with E-state index in [9.17, 15) is 13.2 Å². The van der Waals surface area contributed by atoms with Crippen molar-refractivity contribution in [2.24, 2.45) is 5.92 Å². The highest BCUT2D eigenvalue weighted by Crippen LogP contribution is 2.28. The number of urea groups is 1. The molecule has 0 atom stereocenters. The van der Waals surface area contributed by atoms with Gasteiger partial charge in [0, 0.05) is 45.9 Å². The van der Waals surface area contributed by atoms with Crippen LogP contribution in [0.2, 0.25) is 4.34 Å². The monoisotopic (exact) mass is 423 g/mol. The molecular weight excluding hydrogens is 398 g/mol. The van der Waals surface area contributed by atoms with Crippen LogP contribution in [0.1, 0.15) is 20.3 Å². The largest absolute Gasteiger partial charge is 0.381 e. The minimum atomic E-state index is -3.53. The molecule has 1 aromatic rings. The molecule has 0 radical (unpaired) electrons. The lowest BCUT2D eigenvalue weighted by Gasteiger charge is -2.33. The first kappa shape index (κ1) is 21.4. The van der Waals surface area contributed by atoms with Crippen molar-refractivity contribution >= 4 is 39.0 Å². The summed E-state index contributed by atoms with van der Waals surface area (Å²) >= 11 is 6.88. The molecule has 7 nitrogen and oxygen atoms in total. The molecule has 2 rings (SSSR count). The third kappa shape index (κ3) is 6.09. The minimum absolute atomic E-state index is 0.162. The maximum Gasteiger partial charge on any atom is 0.317 e. The number of ether oxygens (including phenoxy) is 1. The Balaban J connectivity index is 1.71. The Morgan fingerprint density at radius 1 is 1.31 bits per heavy atom. The second-order valence-corrected chi connectivity index (χ2v) is 10.4. The number of halogens is 1. The fraction of sp³-hybridized carbons (Fsp3) is 0.688. The molecule has 26 heavy (non-hydrogen) atoms. The number of carbonyl (C=O) groups excluding carboxylic acids is 1. The summed E-state index contributed by atoms with van der Waals surface area (Å²) in [6.45, 7) is 7.37. The molecule has 1 aliphatic rings. The molecule has 0 spiro atoms. The second kappa shape index (κ2) is 9.89. The lowest BCUT2D eigenvalue weighted by atomic mass is 10.2. The van der Waals surface area contributed by atoms with Gasteiger partial charge in [-0.1, -0.05) is 25.4 Å². The number of nitrogens with zero attached hydrogens (tertiary/aromatic N) is 2. The number of piperazine rings is 1. The summed E-state index contributed by atoms with van der Waals surface area (Å²) in [6, 6.07) is 2.93. The normalized spacial score (nSPS) is 16.2. The summed E-state index contributed by atoms with van der Waals surface area (Å²) in [5.74, 6) is 0.502. The van der Waals surface area contributed by atoms with Crippen LogP contribution in [-0.2, 0) is 14.8 Å². The van der Waals surface area contributed by atoms with Gasteiger partial charge in [-0.3, -0.25) is 0 Å². The summed E-state index contributed by atoms with van der Waals surface area (Å²) in [5, 5.41) is 2.85. The number of rotatable bonds is 8. The number of sulfonamides is 1. The Labute approximate surface area is 164 Å². The number of hydrogen-bond acceptors (Lipinski definition) is 5. The van der Waals surface area contributed by atoms with Crippen LogP contribution in [0.4, 0.5) is 4.79 Å². The molecule has 1 N–H and O–H groups in total. The first-order chi connectivity index (χ1) is 12.3. The van der Waals surface area contributed by atoms with Crippen LogP contribution in [0.3, 0.4) is 0 Å². The molecule has 0 bridgehead atoms. The van der Waals surface area contributed by atoms with Gasteiger partial charge in [0.2, 0.25) is 0 Å². The maximum atomic E-state index is 12.5. The summed E-state index contributed by atoms with van der Waals surface area (Å²) in [6.07, 6.45) is 0.756. The van der Waals surface area contributed by atoms with Gasteiger partial charge in [0.15, 0.2) is 0 Å². The van der Waals surface area contributed by atoms with Crippen molar-refractivity contribution in [1.29, 1.82) is 0 Å². The van der Waals surface area contributed by atoms with Gasteiger partial charge in [0.25, 0.3) is 10.0 Å². The van der Waals surface area contributed by atoms with Crippen LogP contribution in [0.25, 0.3) is 0 Å². The average molecular weight is 424 g/mol. The molecule has 1 saturated heterocycles.